The molecule has 0 aliphatic heterocycles. The van der Waals surface area contributed by atoms with Crippen molar-refractivity contribution in [2.75, 3.05) is 13.2 Å². The van der Waals surface area contributed by atoms with Gasteiger partial charge in [-0.1, -0.05) is 42.3 Å². The summed E-state index contributed by atoms with van der Waals surface area (Å²) in [6.07, 6.45) is 6.90. The van der Waals surface area contributed by atoms with Crippen LogP contribution in [0.3, 0.4) is 0 Å². The van der Waals surface area contributed by atoms with Crippen LogP contribution in [0.2, 0.25) is 0 Å². The zero-order valence-corrected chi connectivity index (χ0v) is 14.7. The Morgan fingerprint density at radius 3 is 2.96 bits per heavy atom. The lowest BCUT2D eigenvalue weighted by atomic mass is 9.55. The zero-order valence-electron chi connectivity index (χ0n) is 14.7. The molecule has 3 rings (SSSR count). The number of carbonyl (C=O) groups excluding carboxylic acids is 1. The molecule has 24 heavy (non-hydrogen) atoms. The normalized spacial score (nSPS) is 27.4. The first-order valence-corrected chi connectivity index (χ1v) is 9.09. The van der Waals surface area contributed by atoms with Gasteiger partial charge in [0.05, 0.1) is 5.71 Å². The number of rotatable bonds is 5. The molecule has 0 bridgehead atoms. The zero-order chi connectivity index (χ0) is 17.0. The molecule has 1 saturated carbocycles. The molecular weight excluding hydrogens is 302 g/mol. The fourth-order valence-electron chi connectivity index (χ4n) is 4.54. The third kappa shape index (κ3) is 3.25. The molecular formula is C20H27NO3. The van der Waals surface area contributed by atoms with Crippen LogP contribution in [-0.2, 0) is 19.8 Å². The summed E-state index contributed by atoms with van der Waals surface area (Å²) in [6, 6.07) is 8.51. The third-order valence-corrected chi connectivity index (χ3v) is 5.60. The van der Waals surface area contributed by atoms with E-state index in [9.17, 15) is 4.79 Å². The smallest absolute Gasteiger partial charge is 0.331 e. The van der Waals surface area contributed by atoms with Gasteiger partial charge in [0.25, 0.3) is 0 Å². The minimum Gasteiger partial charge on any atom is -0.382 e. The van der Waals surface area contributed by atoms with E-state index >= 15 is 0 Å². The van der Waals surface area contributed by atoms with Gasteiger partial charge in [-0.2, -0.15) is 0 Å². The number of ether oxygens (including phenoxy) is 1. The standard InChI is InChI=1S/C20H27NO3/c1-3-23-13-12-20-11-7-6-8-16(20)14-19(21-24-15(2)22)17-9-4-5-10-18(17)20/h4-5,9-10,16H,3,6-8,11-14H2,1-2H3. The van der Waals surface area contributed by atoms with Gasteiger partial charge in [-0.05, 0) is 44.1 Å². The summed E-state index contributed by atoms with van der Waals surface area (Å²) >= 11 is 0. The third-order valence-electron chi connectivity index (χ3n) is 5.60. The summed E-state index contributed by atoms with van der Waals surface area (Å²) in [5.41, 5.74) is 3.61. The Bertz CT molecular complexity index is 625. The molecule has 0 amide bonds. The maximum absolute atomic E-state index is 11.2. The van der Waals surface area contributed by atoms with Crippen LogP contribution >= 0.6 is 0 Å². The van der Waals surface area contributed by atoms with Gasteiger partial charge in [-0.15, -0.1) is 0 Å². The van der Waals surface area contributed by atoms with Crippen molar-refractivity contribution in [1.29, 1.82) is 0 Å². The molecule has 130 valence electrons. The van der Waals surface area contributed by atoms with Gasteiger partial charge < -0.3 is 9.57 Å². The molecule has 0 radical (unpaired) electrons. The largest absolute Gasteiger partial charge is 0.382 e. The van der Waals surface area contributed by atoms with E-state index in [2.05, 4.69) is 30.3 Å². The predicted octanol–water partition coefficient (Wildman–Crippen LogP) is 4.21. The van der Waals surface area contributed by atoms with Gasteiger partial charge >= 0.3 is 5.97 Å². The molecule has 1 fully saturated rings. The number of nitrogens with zero attached hydrogens (tertiary/aromatic N) is 1. The van der Waals surface area contributed by atoms with Crippen LogP contribution in [0.25, 0.3) is 0 Å². The Morgan fingerprint density at radius 1 is 1.33 bits per heavy atom. The summed E-state index contributed by atoms with van der Waals surface area (Å²) in [7, 11) is 0. The van der Waals surface area contributed by atoms with Crippen molar-refractivity contribution in [1.82, 2.24) is 0 Å². The second-order valence-corrected chi connectivity index (χ2v) is 6.92. The highest BCUT2D eigenvalue weighted by Gasteiger charge is 2.46. The highest BCUT2D eigenvalue weighted by Crippen LogP contribution is 2.52. The SMILES string of the molecule is CCOCCC12CCCCC1CC(=NOC(C)=O)c1ccccc12. The average molecular weight is 329 g/mol. The Kier molecular flexibility index (Phi) is 5.34. The number of hydrogen-bond acceptors (Lipinski definition) is 4. The minimum absolute atomic E-state index is 0.180. The molecule has 2 atom stereocenters. The molecule has 4 heteroatoms. The Morgan fingerprint density at radius 2 is 2.17 bits per heavy atom. The van der Waals surface area contributed by atoms with E-state index in [4.69, 9.17) is 9.57 Å². The number of fused-ring (bicyclic) bond motifs is 3. The van der Waals surface area contributed by atoms with E-state index < -0.39 is 0 Å². The van der Waals surface area contributed by atoms with Crippen LogP contribution in [0.1, 0.15) is 63.5 Å². The fraction of sp³-hybridized carbons (Fsp3) is 0.600. The lowest BCUT2D eigenvalue weighted by molar-refractivity contribution is -0.140. The second-order valence-electron chi connectivity index (χ2n) is 6.92. The molecule has 2 unspecified atom stereocenters. The molecule has 1 aromatic rings. The summed E-state index contributed by atoms with van der Waals surface area (Å²) in [6.45, 7) is 5.01. The summed E-state index contributed by atoms with van der Waals surface area (Å²) in [5.74, 6) is 0.188. The highest BCUT2D eigenvalue weighted by molar-refractivity contribution is 6.03. The van der Waals surface area contributed by atoms with E-state index in [1.54, 1.807) is 0 Å². The van der Waals surface area contributed by atoms with Crippen LogP contribution in [0.4, 0.5) is 0 Å². The molecule has 2 aliphatic rings. The molecule has 0 saturated heterocycles. The van der Waals surface area contributed by atoms with Gasteiger partial charge in [-0.25, -0.2) is 4.79 Å². The van der Waals surface area contributed by atoms with Crippen LogP contribution in [-0.4, -0.2) is 24.9 Å². The summed E-state index contributed by atoms with van der Waals surface area (Å²) < 4.78 is 5.70. The van der Waals surface area contributed by atoms with Crippen LogP contribution in [0.15, 0.2) is 29.4 Å². The van der Waals surface area contributed by atoms with Gasteiger partial charge in [0, 0.05) is 31.1 Å². The first-order valence-electron chi connectivity index (χ1n) is 9.09. The minimum atomic E-state index is -0.364. The van der Waals surface area contributed by atoms with Crippen molar-refractivity contribution < 1.29 is 14.4 Å². The molecule has 0 spiro atoms. The molecule has 0 aromatic heterocycles. The van der Waals surface area contributed by atoms with Crippen LogP contribution in [0.5, 0.6) is 0 Å². The quantitative estimate of drug-likeness (QED) is 0.462. The van der Waals surface area contributed by atoms with Gasteiger partial charge in [0.15, 0.2) is 0 Å². The Labute approximate surface area is 144 Å². The van der Waals surface area contributed by atoms with E-state index in [-0.39, 0.29) is 11.4 Å². The van der Waals surface area contributed by atoms with Crippen molar-refractivity contribution in [2.45, 2.75) is 57.8 Å². The van der Waals surface area contributed by atoms with Gasteiger partial charge in [0.2, 0.25) is 0 Å². The van der Waals surface area contributed by atoms with E-state index in [1.165, 1.54) is 38.2 Å². The highest BCUT2D eigenvalue weighted by atomic mass is 16.7. The Balaban J connectivity index is 2.00. The first-order chi connectivity index (χ1) is 11.7. The number of oxime groups is 1. The van der Waals surface area contributed by atoms with E-state index in [0.717, 1.165) is 37.3 Å². The summed E-state index contributed by atoms with van der Waals surface area (Å²) in [4.78, 5) is 16.1. The maximum Gasteiger partial charge on any atom is 0.331 e. The van der Waals surface area contributed by atoms with Crippen molar-refractivity contribution >= 4 is 11.7 Å². The maximum atomic E-state index is 11.2. The number of benzene rings is 1. The predicted molar refractivity (Wildman–Crippen MR) is 94.1 cm³/mol. The molecule has 0 heterocycles. The molecule has 1 aromatic carbocycles. The lowest BCUT2D eigenvalue weighted by Crippen LogP contribution is -2.44. The molecule has 0 N–H and O–H groups in total. The second kappa shape index (κ2) is 7.47. The van der Waals surface area contributed by atoms with E-state index in [0.29, 0.717) is 5.92 Å². The topological polar surface area (TPSA) is 47.9 Å². The van der Waals surface area contributed by atoms with Crippen LogP contribution < -0.4 is 0 Å². The first kappa shape index (κ1) is 17.2. The number of hydrogen-bond donors (Lipinski definition) is 0. The summed E-state index contributed by atoms with van der Waals surface area (Å²) in [5, 5.41) is 4.18. The fourth-order valence-corrected chi connectivity index (χ4v) is 4.54. The van der Waals surface area contributed by atoms with Crippen molar-refractivity contribution in [2.24, 2.45) is 11.1 Å². The lowest BCUT2D eigenvalue weighted by Gasteiger charge is -2.49. The van der Waals surface area contributed by atoms with Crippen molar-refractivity contribution in [3.8, 4) is 0 Å². The molecule has 4 nitrogen and oxygen atoms in total. The van der Waals surface area contributed by atoms with Crippen molar-refractivity contribution in [3.05, 3.63) is 35.4 Å². The molecule has 2 aliphatic carbocycles. The van der Waals surface area contributed by atoms with E-state index in [1.807, 2.05) is 6.07 Å². The monoisotopic (exact) mass is 329 g/mol. The van der Waals surface area contributed by atoms with Crippen LogP contribution in [0, 0.1) is 5.92 Å². The van der Waals surface area contributed by atoms with Crippen molar-refractivity contribution in [3.63, 3.8) is 0 Å². The Hall–Kier alpha value is -1.68. The number of carbonyl (C=O) groups is 1. The van der Waals surface area contributed by atoms with Gasteiger partial charge in [-0.3, -0.25) is 0 Å². The average Bonchev–Trinajstić information content (AvgIpc) is 2.60. The van der Waals surface area contributed by atoms with Gasteiger partial charge in [0.1, 0.15) is 0 Å².